The van der Waals surface area contributed by atoms with E-state index in [1.165, 1.54) is 0 Å². The predicted octanol–water partition coefficient (Wildman–Crippen LogP) is 7.53. The first-order valence-corrected chi connectivity index (χ1v) is 10.9. The first-order valence-electron chi connectivity index (χ1n) is 10.1. The number of rotatable bonds is 7. The minimum absolute atomic E-state index is 0.560. The minimum atomic E-state index is 0.560. The van der Waals surface area contributed by atoms with Gasteiger partial charge in [0.1, 0.15) is 23.0 Å². The number of nitrogens with two attached hydrogens (primary N) is 2. The highest BCUT2D eigenvalue weighted by Gasteiger charge is 2.08. The number of hydrogen-bond acceptors (Lipinski definition) is 4. The van der Waals surface area contributed by atoms with Gasteiger partial charge in [0.05, 0.1) is 10.0 Å². The second kappa shape index (κ2) is 9.86. The highest BCUT2D eigenvalue weighted by atomic mass is 35.5. The number of aryl methyl sites for hydroxylation is 2. The van der Waals surface area contributed by atoms with Crippen LogP contribution in [0.4, 0.5) is 11.4 Å². The van der Waals surface area contributed by atoms with Crippen molar-refractivity contribution in [2.75, 3.05) is 11.5 Å². The third-order valence-corrected chi connectivity index (χ3v) is 5.50. The zero-order valence-corrected chi connectivity index (χ0v) is 18.7. The molecular weight excluding hydrogens is 443 g/mol. The molecule has 0 saturated carbocycles. The summed E-state index contributed by atoms with van der Waals surface area (Å²) in [6.45, 7) is 0. The molecule has 0 spiro atoms. The van der Waals surface area contributed by atoms with E-state index in [-0.39, 0.29) is 0 Å². The fourth-order valence-corrected chi connectivity index (χ4v) is 3.66. The summed E-state index contributed by atoms with van der Waals surface area (Å²) < 4.78 is 11.7. The summed E-state index contributed by atoms with van der Waals surface area (Å²) in [6, 6.07) is 26.0. The van der Waals surface area contributed by atoms with Crippen molar-refractivity contribution < 1.29 is 9.47 Å². The van der Waals surface area contributed by atoms with Gasteiger partial charge >= 0.3 is 0 Å². The van der Waals surface area contributed by atoms with Gasteiger partial charge in [-0.05, 0) is 96.8 Å². The van der Waals surface area contributed by atoms with E-state index in [2.05, 4.69) is 0 Å². The lowest BCUT2D eigenvalue weighted by molar-refractivity contribution is 0.482. The number of nitrogen functional groups attached to an aromatic ring is 2. The van der Waals surface area contributed by atoms with Gasteiger partial charge in [0.2, 0.25) is 0 Å². The molecule has 0 fully saturated rings. The smallest absolute Gasteiger partial charge is 0.146 e. The van der Waals surface area contributed by atoms with Crippen molar-refractivity contribution >= 4 is 34.6 Å². The van der Waals surface area contributed by atoms with Crippen molar-refractivity contribution in [1.82, 2.24) is 0 Å². The number of benzene rings is 4. The van der Waals surface area contributed by atoms with E-state index in [4.69, 9.17) is 44.1 Å². The van der Waals surface area contributed by atoms with E-state index in [0.29, 0.717) is 44.4 Å². The molecular formula is C26H22Cl2N2O2. The summed E-state index contributed by atoms with van der Waals surface area (Å²) in [4.78, 5) is 0. The maximum absolute atomic E-state index is 6.43. The van der Waals surface area contributed by atoms with Crippen molar-refractivity contribution in [1.29, 1.82) is 0 Å². The molecule has 4 N–H and O–H groups in total. The third kappa shape index (κ3) is 5.67. The average Bonchev–Trinajstić information content (AvgIpc) is 2.78. The van der Waals surface area contributed by atoms with Crippen LogP contribution in [0.5, 0.6) is 23.0 Å². The number of anilines is 2. The summed E-state index contributed by atoms with van der Waals surface area (Å²) in [5.74, 6) is 2.58. The summed E-state index contributed by atoms with van der Waals surface area (Å²) >= 11 is 12.9. The van der Waals surface area contributed by atoms with E-state index < -0.39 is 0 Å². The zero-order valence-electron chi connectivity index (χ0n) is 17.2. The Balaban J connectivity index is 1.37. The number of hydrogen-bond donors (Lipinski definition) is 2. The van der Waals surface area contributed by atoms with Crippen LogP contribution >= 0.6 is 23.2 Å². The lowest BCUT2D eigenvalue weighted by atomic mass is 10.0. The SMILES string of the molecule is Nc1ccc(Oc2ccc(CCc3ccc(Oc4ccc(N)cc4)c(Cl)c3)cc2Cl)cc1. The molecule has 0 atom stereocenters. The lowest BCUT2D eigenvalue weighted by Gasteiger charge is -2.11. The van der Waals surface area contributed by atoms with Gasteiger partial charge in [0.25, 0.3) is 0 Å². The molecule has 162 valence electrons. The predicted molar refractivity (Wildman–Crippen MR) is 132 cm³/mol. The van der Waals surface area contributed by atoms with E-state index in [0.717, 1.165) is 24.0 Å². The Bertz CT molecular complexity index is 1110. The molecule has 0 radical (unpaired) electrons. The standard InChI is InChI=1S/C26H22Cl2N2O2/c27-23-15-17(3-13-25(23)31-21-9-5-19(29)6-10-21)1-2-18-4-14-26(24(28)16-18)32-22-11-7-20(30)8-12-22/h3-16H,1-2,29-30H2. The van der Waals surface area contributed by atoms with Gasteiger partial charge in [0, 0.05) is 11.4 Å². The third-order valence-electron chi connectivity index (χ3n) is 4.91. The van der Waals surface area contributed by atoms with Crippen LogP contribution in [-0.2, 0) is 12.8 Å². The lowest BCUT2D eigenvalue weighted by Crippen LogP contribution is -1.94. The second-order valence-corrected chi connectivity index (χ2v) is 8.19. The maximum Gasteiger partial charge on any atom is 0.146 e. The largest absolute Gasteiger partial charge is 0.456 e. The summed E-state index contributed by atoms with van der Waals surface area (Å²) in [6.07, 6.45) is 1.63. The maximum atomic E-state index is 6.43. The van der Waals surface area contributed by atoms with Crippen LogP contribution in [0.2, 0.25) is 10.0 Å². The number of ether oxygens (including phenoxy) is 2. The fraction of sp³-hybridized carbons (Fsp3) is 0.0769. The quantitative estimate of drug-likeness (QED) is 0.277. The molecule has 0 aromatic heterocycles. The van der Waals surface area contributed by atoms with Crippen LogP contribution in [0.15, 0.2) is 84.9 Å². The fourth-order valence-electron chi connectivity index (χ4n) is 3.18. The van der Waals surface area contributed by atoms with Crippen molar-refractivity contribution in [3.63, 3.8) is 0 Å². The molecule has 0 amide bonds. The van der Waals surface area contributed by atoms with Crippen molar-refractivity contribution in [2.45, 2.75) is 12.8 Å². The average molecular weight is 465 g/mol. The highest BCUT2D eigenvalue weighted by molar-refractivity contribution is 6.32. The summed E-state index contributed by atoms with van der Waals surface area (Å²) in [5, 5.41) is 1.12. The Hall–Kier alpha value is -3.34. The molecule has 4 nitrogen and oxygen atoms in total. The van der Waals surface area contributed by atoms with Crippen molar-refractivity contribution in [3.8, 4) is 23.0 Å². The topological polar surface area (TPSA) is 70.5 Å². The Kier molecular flexibility index (Phi) is 6.74. The van der Waals surface area contributed by atoms with Crippen LogP contribution < -0.4 is 20.9 Å². The van der Waals surface area contributed by atoms with Gasteiger partial charge < -0.3 is 20.9 Å². The normalized spacial score (nSPS) is 10.7. The molecule has 0 heterocycles. The second-order valence-electron chi connectivity index (χ2n) is 7.37. The Morgan fingerprint density at radius 1 is 0.531 bits per heavy atom. The van der Waals surface area contributed by atoms with E-state index in [9.17, 15) is 0 Å². The summed E-state index contributed by atoms with van der Waals surface area (Å²) in [5.41, 5.74) is 15.0. The molecule has 6 heteroatoms. The van der Waals surface area contributed by atoms with Gasteiger partial charge in [-0.15, -0.1) is 0 Å². The van der Waals surface area contributed by atoms with Gasteiger partial charge in [-0.25, -0.2) is 0 Å². The highest BCUT2D eigenvalue weighted by Crippen LogP contribution is 2.32. The Morgan fingerprint density at radius 2 is 0.906 bits per heavy atom. The Labute approximate surface area is 197 Å². The van der Waals surface area contributed by atoms with Crippen LogP contribution in [0, 0.1) is 0 Å². The van der Waals surface area contributed by atoms with Crippen LogP contribution in [0.3, 0.4) is 0 Å². The summed E-state index contributed by atoms with van der Waals surface area (Å²) in [7, 11) is 0. The molecule has 0 aliphatic heterocycles. The van der Waals surface area contributed by atoms with Gasteiger partial charge in [-0.2, -0.15) is 0 Å². The van der Waals surface area contributed by atoms with Crippen molar-refractivity contribution in [3.05, 3.63) is 106 Å². The van der Waals surface area contributed by atoms with Gasteiger partial charge in [-0.3, -0.25) is 0 Å². The molecule has 4 aromatic rings. The molecule has 4 aromatic carbocycles. The molecule has 0 aliphatic rings. The zero-order chi connectivity index (χ0) is 22.5. The van der Waals surface area contributed by atoms with Gasteiger partial charge in [-0.1, -0.05) is 35.3 Å². The molecule has 0 aliphatic carbocycles. The van der Waals surface area contributed by atoms with Crippen molar-refractivity contribution in [2.24, 2.45) is 0 Å². The monoisotopic (exact) mass is 464 g/mol. The van der Waals surface area contributed by atoms with Gasteiger partial charge in [0.15, 0.2) is 0 Å². The van der Waals surface area contributed by atoms with E-state index >= 15 is 0 Å². The molecule has 0 saturated heterocycles. The van der Waals surface area contributed by atoms with Crippen LogP contribution in [-0.4, -0.2) is 0 Å². The molecule has 4 rings (SSSR count). The molecule has 32 heavy (non-hydrogen) atoms. The van der Waals surface area contributed by atoms with Crippen LogP contribution in [0.25, 0.3) is 0 Å². The van der Waals surface area contributed by atoms with Crippen LogP contribution in [0.1, 0.15) is 11.1 Å². The first-order chi connectivity index (χ1) is 15.5. The minimum Gasteiger partial charge on any atom is -0.456 e. The Morgan fingerprint density at radius 3 is 1.25 bits per heavy atom. The number of halogens is 2. The first kappa shape index (κ1) is 21.9. The molecule has 0 bridgehead atoms. The molecule has 0 unspecified atom stereocenters. The van der Waals surface area contributed by atoms with E-state index in [1.54, 1.807) is 24.3 Å². The van der Waals surface area contributed by atoms with E-state index in [1.807, 2.05) is 60.7 Å².